The van der Waals surface area contributed by atoms with Gasteiger partial charge in [-0.1, -0.05) is 11.6 Å². The Labute approximate surface area is 118 Å². The first kappa shape index (κ1) is 14.1. The molecule has 1 nitrogen and oxygen atoms in total. The van der Waals surface area contributed by atoms with Crippen LogP contribution in [0, 0.1) is 5.82 Å². The Hall–Kier alpha value is -0.310. The molecule has 0 N–H and O–H groups in total. The van der Waals surface area contributed by atoms with Crippen LogP contribution in [0.1, 0.15) is 31.2 Å². The maximum atomic E-state index is 13.2. The van der Waals surface area contributed by atoms with Crippen molar-refractivity contribution in [2.75, 3.05) is 12.4 Å². The Morgan fingerprint density at radius 3 is 3.00 bits per heavy atom. The fourth-order valence-electron chi connectivity index (χ4n) is 2.63. The van der Waals surface area contributed by atoms with E-state index in [0.29, 0.717) is 16.9 Å². The van der Waals surface area contributed by atoms with E-state index in [9.17, 15) is 4.39 Å². The van der Waals surface area contributed by atoms with Gasteiger partial charge in [-0.3, -0.25) is 4.90 Å². The summed E-state index contributed by atoms with van der Waals surface area (Å²) < 4.78 is 13.2. The van der Waals surface area contributed by atoms with Gasteiger partial charge in [-0.15, -0.1) is 11.6 Å². The van der Waals surface area contributed by atoms with Crippen molar-refractivity contribution < 1.29 is 4.39 Å². The predicted molar refractivity (Wildman–Crippen MR) is 74.8 cm³/mol. The van der Waals surface area contributed by atoms with Crippen molar-refractivity contribution in [3.8, 4) is 0 Å². The highest BCUT2D eigenvalue weighted by Crippen LogP contribution is 2.26. The lowest BCUT2D eigenvalue weighted by molar-refractivity contribution is 0.233. The van der Waals surface area contributed by atoms with Gasteiger partial charge in [0.2, 0.25) is 0 Å². The number of hydrogen-bond donors (Lipinski definition) is 0. The summed E-state index contributed by atoms with van der Waals surface area (Å²) in [6, 6.07) is 5.15. The molecule has 1 fully saturated rings. The molecule has 1 heterocycles. The fourth-order valence-corrected chi connectivity index (χ4v) is 2.96. The zero-order chi connectivity index (χ0) is 13.0. The molecule has 2 rings (SSSR count). The minimum Gasteiger partial charge on any atom is -0.296 e. The summed E-state index contributed by atoms with van der Waals surface area (Å²) in [4.78, 5) is 2.40. The number of benzene rings is 1. The molecule has 0 saturated carbocycles. The minimum atomic E-state index is -0.217. The van der Waals surface area contributed by atoms with E-state index in [-0.39, 0.29) is 5.82 Å². The third-order valence-corrected chi connectivity index (χ3v) is 4.19. The molecular weight excluding hydrogens is 272 g/mol. The Morgan fingerprint density at radius 1 is 1.39 bits per heavy atom. The second-order valence-corrected chi connectivity index (χ2v) is 5.62. The molecule has 0 aliphatic carbocycles. The van der Waals surface area contributed by atoms with Crippen molar-refractivity contribution in [1.29, 1.82) is 0 Å². The zero-order valence-electron chi connectivity index (χ0n) is 10.3. The lowest BCUT2D eigenvalue weighted by Crippen LogP contribution is -2.29. The molecule has 4 heteroatoms. The maximum Gasteiger partial charge on any atom is 0.123 e. The summed E-state index contributed by atoms with van der Waals surface area (Å²) >= 11 is 11.9. The second-order valence-electron chi connectivity index (χ2n) is 4.83. The van der Waals surface area contributed by atoms with Gasteiger partial charge in [0.05, 0.1) is 0 Å². The molecular formula is C14H18Cl2FN. The first-order valence-corrected chi connectivity index (χ1v) is 7.36. The molecule has 1 unspecified atom stereocenters. The molecule has 1 saturated heterocycles. The number of likely N-dealkylation sites (tertiary alicyclic amines) is 1. The maximum absolute atomic E-state index is 13.2. The Bertz CT molecular complexity index is 397. The first-order valence-electron chi connectivity index (χ1n) is 6.44. The van der Waals surface area contributed by atoms with Crippen LogP contribution >= 0.6 is 23.2 Å². The van der Waals surface area contributed by atoms with E-state index in [1.807, 2.05) is 0 Å². The van der Waals surface area contributed by atoms with Crippen molar-refractivity contribution in [2.24, 2.45) is 0 Å². The molecule has 0 aromatic heterocycles. The van der Waals surface area contributed by atoms with Crippen LogP contribution in [0.2, 0.25) is 5.02 Å². The molecule has 0 bridgehead atoms. The summed E-state index contributed by atoms with van der Waals surface area (Å²) in [5, 5.41) is 0.652. The molecule has 1 atom stereocenters. The molecule has 1 aliphatic heterocycles. The summed E-state index contributed by atoms with van der Waals surface area (Å²) in [5.74, 6) is 0.497. The third kappa shape index (κ3) is 3.59. The molecule has 0 spiro atoms. The van der Waals surface area contributed by atoms with E-state index in [2.05, 4.69) is 4.90 Å². The van der Waals surface area contributed by atoms with Crippen LogP contribution in [-0.4, -0.2) is 23.4 Å². The van der Waals surface area contributed by atoms with Gasteiger partial charge in [0.1, 0.15) is 5.82 Å². The van der Waals surface area contributed by atoms with E-state index in [1.54, 1.807) is 12.1 Å². The predicted octanol–water partition coefficient (Wildman–Crippen LogP) is 4.46. The van der Waals surface area contributed by atoms with Gasteiger partial charge >= 0.3 is 0 Å². The quantitative estimate of drug-likeness (QED) is 0.724. The van der Waals surface area contributed by atoms with Crippen molar-refractivity contribution in [3.05, 3.63) is 34.6 Å². The molecule has 1 aromatic rings. The largest absolute Gasteiger partial charge is 0.296 e. The standard InChI is InChI=1S/C14H18Cl2FN/c15-7-1-3-13-4-2-8-18(13)10-11-9-12(17)5-6-14(11)16/h5-6,9,13H,1-4,7-8,10H2. The van der Waals surface area contributed by atoms with E-state index < -0.39 is 0 Å². The smallest absolute Gasteiger partial charge is 0.123 e. The van der Waals surface area contributed by atoms with Gasteiger partial charge in [0, 0.05) is 23.5 Å². The fraction of sp³-hybridized carbons (Fsp3) is 0.571. The Morgan fingerprint density at radius 2 is 2.22 bits per heavy atom. The molecule has 1 aliphatic rings. The second kappa shape index (κ2) is 6.74. The van der Waals surface area contributed by atoms with Gasteiger partial charge in [-0.05, 0) is 56.0 Å². The van der Waals surface area contributed by atoms with E-state index in [4.69, 9.17) is 23.2 Å². The van der Waals surface area contributed by atoms with Crippen molar-refractivity contribution in [1.82, 2.24) is 4.90 Å². The van der Waals surface area contributed by atoms with Gasteiger partial charge in [-0.25, -0.2) is 4.39 Å². The average molecular weight is 290 g/mol. The van der Waals surface area contributed by atoms with Gasteiger partial charge < -0.3 is 0 Å². The van der Waals surface area contributed by atoms with Crippen LogP contribution in [0.5, 0.6) is 0 Å². The zero-order valence-corrected chi connectivity index (χ0v) is 11.9. The summed E-state index contributed by atoms with van der Waals surface area (Å²) in [6.07, 6.45) is 4.58. The monoisotopic (exact) mass is 289 g/mol. The van der Waals surface area contributed by atoms with Crippen LogP contribution in [0.15, 0.2) is 18.2 Å². The minimum absolute atomic E-state index is 0.217. The summed E-state index contributed by atoms with van der Waals surface area (Å²) in [5.41, 5.74) is 0.884. The van der Waals surface area contributed by atoms with Crippen molar-refractivity contribution in [2.45, 2.75) is 38.3 Å². The van der Waals surface area contributed by atoms with Gasteiger partial charge in [0.15, 0.2) is 0 Å². The molecule has 18 heavy (non-hydrogen) atoms. The van der Waals surface area contributed by atoms with Gasteiger partial charge in [-0.2, -0.15) is 0 Å². The van der Waals surface area contributed by atoms with Crippen LogP contribution < -0.4 is 0 Å². The summed E-state index contributed by atoms with van der Waals surface area (Å²) in [7, 11) is 0. The highest BCUT2D eigenvalue weighted by atomic mass is 35.5. The molecule has 1 aromatic carbocycles. The van der Waals surface area contributed by atoms with Crippen LogP contribution in [0.4, 0.5) is 4.39 Å². The normalized spacial score (nSPS) is 20.5. The number of halogens is 3. The van der Waals surface area contributed by atoms with Crippen LogP contribution in [0.25, 0.3) is 0 Å². The van der Waals surface area contributed by atoms with E-state index >= 15 is 0 Å². The topological polar surface area (TPSA) is 3.24 Å². The number of nitrogens with zero attached hydrogens (tertiary/aromatic N) is 1. The van der Waals surface area contributed by atoms with E-state index in [0.717, 1.165) is 31.5 Å². The summed E-state index contributed by atoms with van der Waals surface area (Å²) in [6.45, 7) is 1.81. The SMILES string of the molecule is Fc1ccc(Cl)c(CN2CCCC2CCCCl)c1. The molecule has 0 amide bonds. The lowest BCUT2D eigenvalue weighted by Gasteiger charge is -2.24. The van der Waals surface area contributed by atoms with Crippen LogP contribution in [0.3, 0.4) is 0 Å². The Balaban J connectivity index is 2.01. The Kier molecular flexibility index (Phi) is 5.28. The number of alkyl halides is 1. The molecule has 0 radical (unpaired) electrons. The van der Waals surface area contributed by atoms with Crippen molar-refractivity contribution in [3.63, 3.8) is 0 Å². The number of hydrogen-bond acceptors (Lipinski definition) is 1. The van der Waals surface area contributed by atoms with E-state index in [1.165, 1.54) is 18.9 Å². The lowest BCUT2D eigenvalue weighted by atomic mass is 10.1. The number of rotatable bonds is 5. The first-order chi connectivity index (χ1) is 8.70. The highest BCUT2D eigenvalue weighted by molar-refractivity contribution is 6.31. The highest BCUT2D eigenvalue weighted by Gasteiger charge is 2.24. The van der Waals surface area contributed by atoms with Crippen LogP contribution in [-0.2, 0) is 6.54 Å². The van der Waals surface area contributed by atoms with Gasteiger partial charge in [0.25, 0.3) is 0 Å². The van der Waals surface area contributed by atoms with Crippen molar-refractivity contribution >= 4 is 23.2 Å². The third-order valence-electron chi connectivity index (χ3n) is 3.55. The average Bonchev–Trinajstić information content (AvgIpc) is 2.79. The molecule has 100 valence electrons.